The molecule has 0 amide bonds. The van der Waals surface area contributed by atoms with Crippen LogP contribution >= 0.6 is 0 Å². The number of benzene rings is 10. The number of allylic oxidation sites excluding steroid dienone is 3. The lowest BCUT2D eigenvalue weighted by atomic mass is 9.70. The molecule has 0 aromatic heterocycles. The Bertz CT molecular complexity index is 3710. The number of hydrogen-bond acceptors (Lipinski definition) is 1. The van der Waals surface area contributed by atoms with E-state index in [4.69, 9.17) is 0 Å². The van der Waals surface area contributed by atoms with Gasteiger partial charge in [-0.15, -0.1) is 0 Å². The maximum Gasteiger partial charge on any atom is 0.0725 e. The monoisotopic (exact) mass is 785 g/mol. The molecule has 2 atom stereocenters. The van der Waals surface area contributed by atoms with Gasteiger partial charge in [0, 0.05) is 17.3 Å². The van der Waals surface area contributed by atoms with E-state index in [1.165, 1.54) is 115 Å². The Morgan fingerprint density at radius 3 is 1.58 bits per heavy atom. The minimum Gasteiger partial charge on any atom is -0.334 e. The predicted molar refractivity (Wildman–Crippen MR) is 260 cm³/mol. The van der Waals surface area contributed by atoms with E-state index in [1.54, 1.807) is 0 Å². The number of anilines is 2. The molecule has 62 heavy (non-hydrogen) atoms. The summed E-state index contributed by atoms with van der Waals surface area (Å²) in [5.74, 6) is 0.128. The van der Waals surface area contributed by atoms with E-state index in [1.807, 2.05) is 0 Å². The third kappa shape index (κ3) is 4.42. The lowest BCUT2D eigenvalue weighted by molar-refractivity contribution is 0.702. The molecule has 10 aromatic rings. The van der Waals surface area contributed by atoms with E-state index in [0.29, 0.717) is 0 Å². The average molecular weight is 786 g/mol. The summed E-state index contributed by atoms with van der Waals surface area (Å²) in [6, 6.07) is 73.3. The van der Waals surface area contributed by atoms with Crippen LogP contribution in [-0.2, 0) is 5.41 Å². The van der Waals surface area contributed by atoms with Gasteiger partial charge in [-0.25, -0.2) is 0 Å². The number of nitrogens with zero attached hydrogens (tertiary/aromatic N) is 1. The highest BCUT2D eigenvalue weighted by Gasteiger charge is 2.51. The molecule has 1 spiro atoms. The molecule has 4 aliphatic rings. The van der Waals surface area contributed by atoms with Crippen LogP contribution in [-0.4, -0.2) is 6.04 Å². The topological polar surface area (TPSA) is 3.24 Å². The quantitative estimate of drug-likeness (QED) is 0.161. The van der Waals surface area contributed by atoms with Gasteiger partial charge < -0.3 is 4.90 Å². The van der Waals surface area contributed by atoms with Crippen LogP contribution in [0.5, 0.6) is 0 Å². The number of fused-ring (bicyclic) bond motifs is 20. The summed E-state index contributed by atoms with van der Waals surface area (Å²) in [7, 11) is 0. The summed E-state index contributed by atoms with van der Waals surface area (Å²) in [5, 5.41) is 12.9. The molecule has 0 saturated heterocycles. The van der Waals surface area contributed by atoms with Crippen LogP contribution in [0, 0.1) is 5.92 Å². The summed E-state index contributed by atoms with van der Waals surface area (Å²) < 4.78 is 0. The van der Waals surface area contributed by atoms with E-state index in [-0.39, 0.29) is 17.4 Å². The van der Waals surface area contributed by atoms with Crippen molar-refractivity contribution in [3.05, 3.63) is 251 Å². The van der Waals surface area contributed by atoms with Crippen molar-refractivity contribution in [2.75, 3.05) is 4.90 Å². The largest absolute Gasteiger partial charge is 0.334 e. The van der Waals surface area contributed by atoms with E-state index < -0.39 is 0 Å². The van der Waals surface area contributed by atoms with Gasteiger partial charge in [-0.1, -0.05) is 200 Å². The van der Waals surface area contributed by atoms with Crippen LogP contribution < -0.4 is 15.3 Å². The van der Waals surface area contributed by atoms with Crippen molar-refractivity contribution in [1.29, 1.82) is 0 Å². The summed E-state index contributed by atoms with van der Waals surface area (Å²) in [6.07, 6.45) is 11.8. The lowest BCUT2D eigenvalue weighted by Gasteiger charge is -2.39. The zero-order chi connectivity index (χ0) is 40.5. The minimum atomic E-state index is -0.389. The van der Waals surface area contributed by atoms with Gasteiger partial charge in [0.1, 0.15) is 0 Å². The van der Waals surface area contributed by atoms with Gasteiger partial charge in [-0.2, -0.15) is 0 Å². The Hall–Kier alpha value is -7.74. The van der Waals surface area contributed by atoms with Crippen molar-refractivity contribution >= 4 is 66.1 Å². The van der Waals surface area contributed by atoms with Crippen molar-refractivity contribution in [3.8, 4) is 22.3 Å². The first kappa shape index (κ1) is 34.0. The summed E-state index contributed by atoms with van der Waals surface area (Å²) in [5.41, 5.74) is 14.1. The third-order valence-corrected chi connectivity index (χ3v) is 14.6. The van der Waals surface area contributed by atoms with Crippen LogP contribution in [0.3, 0.4) is 0 Å². The minimum absolute atomic E-state index is 0.000576. The fourth-order valence-corrected chi connectivity index (χ4v) is 12.2. The fourth-order valence-electron chi connectivity index (χ4n) is 12.2. The molecule has 0 saturated carbocycles. The standard InChI is InChI=1S/C61H39N/c1-2-16-42-38(15-1)29-30-39-35-59(51-24-7-8-25-52(51)60(39)42)62(40-31-33-47-45-19-4-3-17-43(45)44-18-5-6-20-46(44)53(47)36-40)41-32-34-58-54(37-41)50-23-11-14-28-57(50)61(58)55-26-12-9-21-48(55)49-22-10-13-27-56(49)61/h1-37,51,59H. The van der Waals surface area contributed by atoms with Crippen LogP contribution in [0.2, 0.25) is 0 Å². The van der Waals surface area contributed by atoms with Crippen molar-refractivity contribution in [2.45, 2.75) is 11.5 Å². The van der Waals surface area contributed by atoms with E-state index >= 15 is 0 Å². The molecule has 0 N–H and O–H groups in total. The Labute approximate surface area is 360 Å². The molecule has 0 radical (unpaired) electrons. The zero-order valence-corrected chi connectivity index (χ0v) is 34.0. The second kappa shape index (κ2) is 12.6. The second-order valence-electron chi connectivity index (χ2n) is 17.4. The van der Waals surface area contributed by atoms with Gasteiger partial charge in [0.25, 0.3) is 0 Å². The Morgan fingerprint density at radius 2 is 0.903 bits per heavy atom. The molecule has 0 bridgehead atoms. The second-order valence-corrected chi connectivity index (χ2v) is 17.4. The molecule has 10 aromatic carbocycles. The van der Waals surface area contributed by atoms with E-state index in [0.717, 1.165) is 0 Å². The fraction of sp³-hybridized carbons (Fsp3) is 0.0492. The molecule has 2 unspecified atom stereocenters. The summed E-state index contributed by atoms with van der Waals surface area (Å²) in [4.78, 5) is 2.65. The van der Waals surface area contributed by atoms with Gasteiger partial charge >= 0.3 is 0 Å². The molecule has 1 heteroatoms. The van der Waals surface area contributed by atoms with E-state index in [2.05, 4.69) is 229 Å². The van der Waals surface area contributed by atoms with Crippen LogP contribution in [0.4, 0.5) is 11.4 Å². The van der Waals surface area contributed by atoms with Crippen molar-refractivity contribution < 1.29 is 0 Å². The molecule has 14 rings (SSSR count). The van der Waals surface area contributed by atoms with Gasteiger partial charge in [0.15, 0.2) is 0 Å². The van der Waals surface area contributed by atoms with E-state index in [9.17, 15) is 0 Å². The first-order chi connectivity index (χ1) is 30.8. The summed E-state index contributed by atoms with van der Waals surface area (Å²) in [6.45, 7) is 0. The Morgan fingerprint density at radius 1 is 0.387 bits per heavy atom. The van der Waals surface area contributed by atoms with Crippen LogP contribution in [0.15, 0.2) is 218 Å². The molecule has 0 fully saturated rings. The normalized spacial score (nSPS) is 17.1. The highest BCUT2D eigenvalue weighted by molar-refractivity contribution is 6.25. The van der Waals surface area contributed by atoms with Crippen molar-refractivity contribution in [3.63, 3.8) is 0 Å². The number of hydrogen-bond donors (Lipinski definition) is 0. The van der Waals surface area contributed by atoms with Crippen LogP contribution in [0.1, 0.15) is 22.3 Å². The van der Waals surface area contributed by atoms with Gasteiger partial charge in [-0.05, 0) is 128 Å². The molecular weight excluding hydrogens is 747 g/mol. The molecule has 288 valence electrons. The zero-order valence-electron chi connectivity index (χ0n) is 34.0. The number of rotatable bonds is 3. The first-order valence-electron chi connectivity index (χ1n) is 21.9. The van der Waals surface area contributed by atoms with Crippen LogP contribution in [0.25, 0.3) is 77.0 Å². The smallest absolute Gasteiger partial charge is 0.0725 e. The SMILES string of the molecule is C1=CC2=c3c(ccc4ccccc34)=CC(N(c3ccc4c(c3)-c3ccccc3C43c4ccccc4-c4ccccc43)c3ccc4c5ccccc5c5ccccc5c4c3)C2C=C1. The molecule has 0 aliphatic heterocycles. The van der Waals surface area contributed by atoms with Gasteiger partial charge in [0.05, 0.1) is 11.5 Å². The molecule has 4 aliphatic carbocycles. The third-order valence-electron chi connectivity index (χ3n) is 14.6. The maximum absolute atomic E-state index is 2.65. The highest BCUT2D eigenvalue weighted by Crippen LogP contribution is 2.63. The lowest BCUT2D eigenvalue weighted by Crippen LogP contribution is -2.45. The van der Waals surface area contributed by atoms with Gasteiger partial charge in [-0.3, -0.25) is 0 Å². The Balaban J connectivity index is 1.06. The highest BCUT2D eigenvalue weighted by atomic mass is 15.2. The maximum atomic E-state index is 2.65. The molecule has 0 heterocycles. The average Bonchev–Trinajstić information content (AvgIpc) is 3.81. The molecule has 1 nitrogen and oxygen atoms in total. The first-order valence-corrected chi connectivity index (χ1v) is 21.9. The Kier molecular flexibility index (Phi) is 6.94. The van der Waals surface area contributed by atoms with Crippen molar-refractivity contribution in [1.82, 2.24) is 0 Å². The predicted octanol–water partition coefficient (Wildman–Crippen LogP) is 13.5. The van der Waals surface area contributed by atoms with Crippen molar-refractivity contribution in [2.24, 2.45) is 5.92 Å². The molecular formula is C61H39N. The van der Waals surface area contributed by atoms with Gasteiger partial charge in [0.2, 0.25) is 0 Å². The summed E-state index contributed by atoms with van der Waals surface area (Å²) >= 11 is 0.